The van der Waals surface area contributed by atoms with Crippen LogP contribution in [0.5, 0.6) is 0 Å². The van der Waals surface area contributed by atoms with E-state index in [1.54, 1.807) is 5.57 Å². The smallest absolute Gasteiger partial charge is 0.309 e. The van der Waals surface area contributed by atoms with Crippen LogP contribution in [0.2, 0.25) is 0 Å². The molecular formula is C30H46O4. The zero-order valence-corrected chi connectivity index (χ0v) is 22.5. The quantitative estimate of drug-likeness (QED) is 0.434. The van der Waals surface area contributed by atoms with Crippen LogP contribution in [0.25, 0.3) is 0 Å². The van der Waals surface area contributed by atoms with Crippen LogP contribution in [0.1, 0.15) is 106 Å². The number of Topliss-reactive ketones (excluding diaryl/α,β-unsaturated/α-hetero) is 1. The molecule has 0 heterocycles. The van der Waals surface area contributed by atoms with Crippen LogP contribution in [-0.2, 0) is 9.59 Å². The van der Waals surface area contributed by atoms with Crippen molar-refractivity contribution < 1.29 is 19.8 Å². The van der Waals surface area contributed by atoms with Crippen molar-refractivity contribution in [3.05, 3.63) is 11.6 Å². The molecule has 0 aromatic carbocycles. The summed E-state index contributed by atoms with van der Waals surface area (Å²) < 4.78 is 0. The van der Waals surface area contributed by atoms with Crippen LogP contribution in [0, 0.1) is 50.2 Å². The Morgan fingerprint density at radius 1 is 0.912 bits per heavy atom. The number of aliphatic hydroxyl groups is 1. The fraction of sp³-hybridized carbons (Fsp3) is 0.867. The second-order valence-electron chi connectivity index (χ2n) is 14.9. The van der Waals surface area contributed by atoms with Crippen molar-refractivity contribution in [3.8, 4) is 0 Å². The van der Waals surface area contributed by atoms with E-state index in [2.05, 4.69) is 47.6 Å². The Morgan fingerprint density at radius 3 is 2.21 bits per heavy atom. The van der Waals surface area contributed by atoms with Gasteiger partial charge in [-0.05, 0) is 104 Å². The minimum Gasteiger partial charge on any atom is -0.481 e. The van der Waals surface area contributed by atoms with Gasteiger partial charge in [0.15, 0.2) is 5.78 Å². The lowest BCUT2D eigenvalue weighted by Crippen LogP contribution is -2.66. The normalized spacial score (nSPS) is 54.1. The highest BCUT2D eigenvalue weighted by atomic mass is 16.4. The Balaban J connectivity index is 1.59. The zero-order valence-electron chi connectivity index (χ0n) is 22.5. The number of ketones is 1. The maximum Gasteiger partial charge on any atom is 0.309 e. The Kier molecular flexibility index (Phi) is 5.04. The van der Waals surface area contributed by atoms with Crippen molar-refractivity contribution in [1.82, 2.24) is 0 Å². The van der Waals surface area contributed by atoms with Gasteiger partial charge in [0.2, 0.25) is 0 Å². The van der Waals surface area contributed by atoms with Crippen LogP contribution in [0.4, 0.5) is 0 Å². The second-order valence-corrected chi connectivity index (χ2v) is 14.9. The van der Waals surface area contributed by atoms with E-state index >= 15 is 0 Å². The van der Waals surface area contributed by atoms with Crippen molar-refractivity contribution in [2.24, 2.45) is 50.2 Å². The van der Waals surface area contributed by atoms with Gasteiger partial charge in [0.1, 0.15) is 6.10 Å². The van der Waals surface area contributed by atoms with E-state index in [-0.39, 0.29) is 27.4 Å². The number of aliphatic carboxylic acids is 1. The van der Waals surface area contributed by atoms with Gasteiger partial charge in [0, 0.05) is 5.41 Å². The molecule has 5 aliphatic carbocycles. The molecule has 0 aromatic heterocycles. The standard InChI is InChI=1S/C30H46O4/c1-25(2)21-10-11-30(7)22(28(21,5)17-20(31)23(25)32)9-8-18-19-16-27(4,24(33)34)13-12-26(19,3)14-15-29(18,30)6/h8,19-22,31H,9-17H2,1-7H3,(H,33,34). The number of allylic oxidation sites excluding steroid dienone is 2. The third-order valence-electron chi connectivity index (χ3n) is 13.1. The van der Waals surface area contributed by atoms with Crippen LogP contribution in [0.15, 0.2) is 11.6 Å². The number of hydrogen-bond acceptors (Lipinski definition) is 3. The van der Waals surface area contributed by atoms with Crippen LogP contribution in [-0.4, -0.2) is 28.1 Å². The van der Waals surface area contributed by atoms with E-state index in [1.165, 1.54) is 0 Å². The summed E-state index contributed by atoms with van der Waals surface area (Å²) in [6, 6.07) is 0. The molecule has 5 aliphatic rings. The number of carboxylic acid groups (broad SMARTS) is 1. The topological polar surface area (TPSA) is 74.6 Å². The molecule has 9 atom stereocenters. The van der Waals surface area contributed by atoms with E-state index < -0.39 is 22.9 Å². The van der Waals surface area contributed by atoms with E-state index in [0.29, 0.717) is 24.2 Å². The SMILES string of the molecule is CC1(C(=O)O)CCC2(C)CCC3(C)C(=CCC4C5(C)CC(O)C(=O)C(C)(C)C5CCC43C)C2C1. The summed E-state index contributed by atoms with van der Waals surface area (Å²) in [6.07, 6.45) is 10.2. The van der Waals surface area contributed by atoms with Gasteiger partial charge < -0.3 is 10.2 Å². The van der Waals surface area contributed by atoms with E-state index in [4.69, 9.17) is 0 Å². The monoisotopic (exact) mass is 470 g/mol. The second kappa shape index (κ2) is 6.99. The van der Waals surface area contributed by atoms with Crippen molar-refractivity contribution in [3.63, 3.8) is 0 Å². The van der Waals surface area contributed by atoms with Gasteiger partial charge in [0.25, 0.3) is 0 Å². The first-order chi connectivity index (χ1) is 15.6. The number of aliphatic hydroxyl groups excluding tert-OH is 1. The lowest BCUT2D eigenvalue weighted by atomic mass is 9.33. The van der Waals surface area contributed by atoms with E-state index in [1.807, 2.05) is 6.92 Å². The molecule has 4 saturated carbocycles. The first-order valence-corrected chi connectivity index (χ1v) is 13.7. The van der Waals surface area contributed by atoms with Gasteiger partial charge in [-0.25, -0.2) is 0 Å². The Morgan fingerprint density at radius 2 is 1.56 bits per heavy atom. The zero-order chi connectivity index (χ0) is 25.1. The summed E-state index contributed by atoms with van der Waals surface area (Å²) in [7, 11) is 0. The lowest BCUT2D eigenvalue weighted by molar-refractivity contribution is -0.198. The number of hydrogen-bond donors (Lipinski definition) is 2. The summed E-state index contributed by atoms with van der Waals surface area (Å²) >= 11 is 0. The maximum absolute atomic E-state index is 13.0. The van der Waals surface area contributed by atoms with E-state index in [9.17, 15) is 19.8 Å². The highest BCUT2D eigenvalue weighted by Crippen LogP contribution is 2.75. The van der Waals surface area contributed by atoms with Crippen LogP contribution < -0.4 is 0 Å². The number of fused-ring (bicyclic) bond motifs is 7. The molecule has 4 heteroatoms. The number of carbonyl (C=O) groups is 2. The van der Waals surface area contributed by atoms with Gasteiger partial charge in [-0.15, -0.1) is 0 Å². The first kappa shape index (κ1) is 24.5. The molecule has 0 saturated heterocycles. The number of carbonyl (C=O) groups excluding carboxylic acids is 1. The fourth-order valence-electron chi connectivity index (χ4n) is 10.5. The third kappa shape index (κ3) is 2.81. The molecule has 190 valence electrons. The van der Waals surface area contributed by atoms with Crippen molar-refractivity contribution in [2.75, 3.05) is 0 Å². The summed E-state index contributed by atoms with van der Waals surface area (Å²) in [5, 5.41) is 20.9. The first-order valence-electron chi connectivity index (χ1n) is 13.7. The Hall–Kier alpha value is -1.16. The molecule has 0 amide bonds. The Bertz CT molecular complexity index is 965. The molecule has 0 aromatic rings. The molecule has 0 aliphatic heterocycles. The van der Waals surface area contributed by atoms with Gasteiger partial charge >= 0.3 is 5.97 Å². The highest BCUT2D eigenvalue weighted by molar-refractivity contribution is 5.89. The third-order valence-corrected chi connectivity index (χ3v) is 13.1. The predicted molar refractivity (Wildman–Crippen MR) is 133 cm³/mol. The molecule has 4 fully saturated rings. The molecule has 2 N–H and O–H groups in total. The molecule has 0 spiro atoms. The molecule has 9 unspecified atom stereocenters. The summed E-state index contributed by atoms with van der Waals surface area (Å²) in [6.45, 7) is 15.9. The number of carboxylic acids is 1. The molecule has 4 nitrogen and oxygen atoms in total. The van der Waals surface area contributed by atoms with E-state index in [0.717, 1.165) is 51.4 Å². The molecule has 0 bridgehead atoms. The predicted octanol–water partition coefficient (Wildman–Crippen LogP) is 6.41. The molecule has 0 radical (unpaired) electrons. The highest BCUT2D eigenvalue weighted by Gasteiger charge is 2.69. The van der Waals surface area contributed by atoms with Gasteiger partial charge in [-0.3, -0.25) is 9.59 Å². The minimum atomic E-state index is -0.860. The average molecular weight is 471 g/mol. The molecule has 5 rings (SSSR count). The van der Waals surface area contributed by atoms with Crippen molar-refractivity contribution >= 4 is 11.8 Å². The average Bonchev–Trinajstić information content (AvgIpc) is 2.74. The van der Waals surface area contributed by atoms with Crippen LogP contribution >= 0.6 is 0 Å². The summed E-state index contributed by atoms with van der Waals surface area (Å²) in [5.41, 5.74) is 0.677. The fourth-order valence-corrected chi connectivity index (χ4v) is 10.5. The van der Waals surface area contributed by atoms with Crippen molar-refractivity contribution in [2.45, 2.75) is 112 Å². The maximum atomic E-state index is 13.0. The van der Waals surface area contributed by atoms with Gasteiger partial charge in [-0.2, -0.15) is 0 Å². The van der Waals surface area contributed by atoms with Gasteiger partial charge in [-0.1, -0.05) is 53.2 Å². The lowest BCUT2D eigenvalue weighted by Gasteiger charge is -2.71. The largest absolute Gasteiger partial charge is 0.481 e. The number of rotatable bonds is 1. The van der Waals surface area contributed by atoms with Gasteiger partial charge in [0.05, 0.1) is 5.41 Å². The summed E-state index contributed by atoms with van der Waals surface area (Å²) in [4.78, 5) is 25.2. The Labute approximate surface area is 206 Å². The molecule has 34 heavy (non-hydrogen) atoms. The molecular weight excluding hydrogens is 424 g/mol. The summed E-state index contributed by atoms with van der Waals surface area (Å²) in [5.74, 6) is 0.443. The van der Waals surface area contributed by atoms with Crippen molar-refractivity contribution in [1.29, 1.82) is 0 Å². The van der Waals surface area contributed by atoms with Crippen LogP contribution in [0.3, 0.4) is 0 Å². The minimum absolute atomic E-state index is 0.0282.